The van der Waals surface area contributed by atoms with Gasteiger partial charge in [-0.3, -0.25) is 0 Å². The monoisotopic (exact) mass is 259 g/mol. The summed E-state index contributed by atoms with van der Waals surface area (Å²) in [6.07, 6.45) is 6.21. The van der Waals surface area contributed by atoms with Crippen molar-refractivity contribution in [3.63, 3.8) is 0 Å². The van der Waals surface area contributed by atoms with Crippen LogP contribution in [-0.2, 0) is 7.05 Å². The Bertz CT molecular complexity index is 560. The van der Waals surface area contributed by atoms with E-state index >= 15 is 0 Å². The van der Waals surface area contributed by atoms with Crippen LogP contribution in [0.15, 0.2) is 18.6 Å². The quantitative estimate of drug-likeness (QED) is 0.908. The predicted octanol–water partition coefficient (Wildman–Crippen LogP) is 1.55. The molecule has 3 rings (SSSR count). The van der Waals surface area contributed by atoms with Crippen LogP contribution in [0.4, 0.5) is 5.82 Å². The molecule has 1 N–H and O–H groups in total. The van der Waals surface area contributed by atoms with Crippen molar-refractivity contribution >= 4 is 16.9 Å². The predicted molar refractivity (Wildman–Crippen MR) is 77.4 cm³/mol. The van der Waals surface area contributed by atoms with E-state index in [1.165, 1.54) is 12.8 Å². The maximum absolute atomic E-state index is 4.56. The van der Waals surface area contributed by atoms with E-state index in [-0.39, 0.29) is 0 Å². The first-order valence-electron chi connectivity index (χ1n) is 7.04. The molecule has 1 atom stereocenters. The zero-order chi connectivity index (χ0) is 13.2. The molecule has 2 aromatic heterocycles. The number of hydrogen-bond donors (Lipinski definition) is 1. The Kier molecular flexibility index (Phi) is 3.38. The highest BCUT2D eigenvalue weighted by atomic mass is 15.2. The molecule has 1 fully saturated rings. The Morgan fingerprint density at radius 3 is 3.16 bits per heavy atom. The summed E-state index contributed by atoms with van der Waals surface area (Å²) in [6.45, 7) is 5.29. The van der Waals surface area contributed by atoms with E-state index in [1.807, 2.05) is 30.2 Å². The number of aryl methyl sites for hydroxylation is 1. The highest BCUT2D eigenvalue weighted by Crippen LogP contribution is 2.25. The number of anilines is 1. The molecule has 19 heavy (non-hydrogen) atoms. The Hall–Kier alpha value is -1.62. The summed E-state index contributed by atoms with van der Waals surface area (Å²) in [4.78, 5) is 11.4. The van der Waals surface area contributed by atoms with Gasteiger partial charge < -0.3 is 14.8 Å². The van der Waals surface area contributed by atoms with E-state index in [1.54, 1.807) is 0 Å². The third-order valence-corrected chi connectivity index (χ3v) is 3.84. The van der Waals surface area contributed by atoms with E-state index in [0.29, 0.717) is 6.04 Å². The van der Waals surface area contributed by atoms with Crippen LogP contribution < -0.4 is 10.2 Å². The van der Waals surface area contributed by atoms with Crippen molar-refractivity contribution in [3.05, 3.63) is 18.6 Å². The molecular weight excluding hydrogens is 238 g/mol. The summed E-state index contributed by atoms with van der Waals surface area (Å²) in [5, 5.41) is 3.54. The molecule has 0 radical (unpaired) electrons. The van der Waals surface area contributed by atoms with Gasteiger partial charge in [-0.25, -0.2) is 9.97 Å². The maximum atomic E-state index is 4.56. The van der Waals surface area contributed by atoms with Crippen LogP contribution in [0, 0.1) is 0 Å². The van der Waals surface area contributed by atoms with Gasteiger partial charge in [-0.15, -0.1) is 0 Å². The van der Waals surface area contributed by atoms with Crippen LogP contribution >= 0.6 is 0 Å². The van der Waals surface area contributed by atoms with Crippen molar-refractivity contribution in [2.24, 2.45) is 7.05 Å². The molecular formula is C14H21N5. The van der Waals surface area contributed by atoms with Crippen molar-refractivity contribution in [3.8, 4) is 0 Å². The Morgan fingerprint density at radius 2 is 2.32 bits per heavy atom. The summed E-state index contributed by atoms with van der Waals surface area (Å²) >= 11 is 0. The second-order valence-electron chi connectivity index (χ2n) is 5.20. The number of nitrogens with zero attached hydrogens (tertiary/aromatic N) is 4. The summed E-state index contributed by atoms with van der Waals surface area (Å²) in [6, 6.07) is 2.59. The van der Waals surface area contributed by atoms with Crippen LogP contribution in [0.2, 0.25) is 0 Å². The van der Waals surface area contributed by atoms with Gasteiger partial charge in [0.25, 0.3) is 0 Å². The molecule has 0 amide bonds. The molecule has 102 valence electrons. The topological polar surface area (TPSA) is 46.0 Å². The SMILES string of the molecule is CCNC1CCCN(c2nccc3c2ncn3C)C1. The van der Waals surface area contributed by atoms with Crippen molar-refractivity contribution < 1.29 is 0 Å². The minimum atomic E-state index is 0.569. The Labute approximate surface area is 113 Å². The summed E-state index contributed by atoms with van der Waals surface area (Å²) < 4.78 is 2.05. The van der Waals surface area contributed by atoms with Gasteiger partial charge in [0.1, 0.15) is 5.52 Å². The number of aromatic nitrogens is 3. The molecule has 1 aliphatic rings. The summed E-state index contributed by atoms with van der Waals surface area (Å²) in [5.74, 6) is 1.03. The second-order valence-corrected chi connectivity index (χ2v) is 5.20. The number of rotatable bonds is 3. The number of piperidine rings is 1. The molecule has 0 saturated carbocycles. The molecule has 5 nitrogen and oxygen atoms in total. The molecule has 0 aromatic carbocycles. The molecule has 3 heterocycles. The van der Waals surface area contributed by atoms with Crippen molar-refractivity contribution in [1.29, 1.82) is 0 Å². The van der Waals surface area contributed by atoms with Gasteiger partial charge in [-0.2, -0.15) is 0 Å². The summed E-state index contributed by atoms with van der Waals surface area (Å²) in [5.41, 5.74) is 2.16. The van der Waals surface area contributed by atoms with Gasteiger partial charge in [-0.1, -0.05) is 6.92 Å². The largest absolute Gasteiger partial charge is 0.353 e. The van der Waals surface area contributed by atoms with Crippen molar-refractivity contribution in [2.75, 3.05) is 24.5 Å². The second kappa shape index (κ2) is 5.17. The molecule has 0 bridgehead atoms. The van der Waals surface area contributed by atoms with Gasteiger partial charge in [0, 0.05) is 32.4 Å². The van der Waals surface area contributed by atoms with Gasteiger partial charge in [-0.05, 0) is 25.5 Å². The average molecular weight is 259 g/mol. The zero-order valence-corrected chi connectivity index (χ0v) is 11.6. The standard InChI is InChI=1S/C14H21N5/c1-3-15-11-5-4-8-19(9-11)14-13-12(6-7-16-14)18(2)10-17-13/h6-7,10-11,15H,3-5,8-9H2,1-2H3. The number of fused-ring (bicyclic) bond motifs is 1. The average Bonchev–Trinajstić information content (AvgIpc) is 2.81. The first-order chi connectivity index (χ1) is 9.29. The molecule has 2 aromatic rings. The lowest BCUT2D eigenvalue weighted by molar-refractivity contribution is 0.430. The van der Waals surface area contributed by atoms with Crippen LogP contribution in [0.1, 0.15) is 19.8 Å². The fraction of sp³-hybridized carbons (Fsp3) is 0.571. The van der Waals surface area contributed by atoms with Crippen LogP contribution in [0.3, 0.4) is 0 Å². The number of likely N-dealkylation sites (N-methyl/N-ethyl adjacent to an activating group) is 1. The fourth-order valence-electron chi connectivity index (χ4n) is 2.90. The van der Waals surface area contributed by atoms with Crippen LogP contribution in [0.25, 0.3) is 11.0 Å². The molecule has 0 aliphatic carbocycles. The Morgan fingerprint density at radius 1 is 1.42 bits per heavy atom. The lowest BCUT2D eigenvalue weighted by Gasteiger charge is -2.34. The third kappa shape index (κ3) is 2.30. The molecule has 1 unspecified atom stereocenters. The molecule has 0 spiro atoms. The maximum Gasteiger partial charge on any atom is 0.156 e. The number of nitrogens with one attached hydrogen (secondary N) is 1. The lowest BCUT2D eigenvalue weighted by Crippen LogP contribution is -2.46. The minimum absolute atomic E-state index is 0.569. The number of hydrogen-bond acceptors (Lipinski definition) is 4. The number of imidazole rings is 1. The minimum Gasteiger partial charge on any atom is -0.353 e. The fourth-order valence-corrected chi connectivity index (χ4v) is 2.90. The smallest absolute Gasteiger partial charge is 0.156 e. The van der Waals surface area contributed by atoms with E-state index in [9.17, 15) is 0 Å². The molecule has 5 heteroatoms. The first kappa shape index (κ1) is 12.4. The van der Waals surface area contributed by atoms with Gasteiger partial charge in [0.05, 0.1) is 11.8 Å². The molecule has 1 aliphatic heterocycles. The van der Waals surface area contributed by atoms with Crippen LogP contribution in [0.5, 0.6) is 0 Å². The Balaban J connectivity index is 1.91. The first-order valence-corrected chi connectivity index (χ1v) is 7.04. The van der Waals surface area contributed by atoms with Gasteiger partial charge in [0.15, 0.2) is 5.82 Å². The zero-order valence-electron chi connectivity index (χ0n) is 11.6. The van der Waals surface area contributed by atoms with E-state index in [0.717, 1.165) is 36.5 Å². The van der Waals surface area contributed by atoms with Crippen molar-refractivity contribution in [1.82, 2.24) is 19.9 Å². The van der Waals surface area contributed by atoms with E-state index < -0.39 is 0 Å². The molecule has 1 saturated heterocycles. The van der Waals surface area contributed by atoms with E-state index in [2.05, 4.69) is 27.1 Å². The highest BCUT2D eigenvalue weighted by Gasteiger charge is 2.22. The van der Waals surface area contributed by atoms with Crippen molar-refractivity contribution in [2.45, 2.75) is 25.8 Å². The highest BCUT2D eigenvalue weighted by molar-refractivity contribution is 5.86. The van der Waals surface area contributed by atoms with E-state index in [4.69, 9.17) is 0 Å². The lowest BCUT2D eigenvalue weighted by atomic mass is 10.1. The normalized spacial score (nSPS) is 20.1. The van der Waals surface area contributed by atoms with Crippen LogP contribution in [-0.4, -0.2) is 40.2 Å². The summed E-state index contributed by atoms with van der Waals surface area (Å²) in [7, 11) is 2.02. The third-order valence-electron chi connectivity index (χ3n) is 3.84. The van der Waals surface area contributed by atoms with Gasteiger partial charge in [0.2, 0.25) is 0 Å². The number of pyridine rings is 1. The van der Waals surface area contributed by atoms with Gasteiger partial charge >= 0.3 is 0 Å².